The van der Waals surface area contributed by atoms with E-state index < -0.39 is 40.6 Å². The van der Waals surface area contributed by atoms with Crippen LogP contribution in [0.2, 0.25) is 0 Å². The van der Waals surface area contributed by atoms with Gasteiger partial charge in [0.05, 0.1) is 18.6 Å². The molecule has 0 saturated carbocycles. The molecule has 1 aromatic rings. The van der Waals surface area contributed by atoms with Gasteiger partial charge in [0, 0.05) is 0 Å². The Morgan fingerprint density at radius 3 is 1.95 bits per heavy atom. The van der Waals surface area contributed by atoms with Gasteiger partial charge in [-0.05, 0) is 6.92 Å². The lowest BCUT2D eigenvalue weighted by atomic mass is 10.1. The molecular formula is C12H9F5O2. The van der Waals surface area contributed by atoms with Crippen LogP contribution in [0.1, 0.15) is 18.9 Å². The van der Waals surface area contributed by atoms with Crippen molar-refractivity contribution in [2.75, 3.05) is 6.61 Å². The number of carbonyl (C=O) groups excluding carboxylic acids is 1. The van der Waals surface area contributed by atoms with Crippen LogP contribution in [0.3, 0.4) is 0 Å². The molecule has 0 aliphatic carbocycles. The lowest BCUT2D eigenvalue weighted by molar-refractivity contribution is -0.142. The monoisotopic (exact) mass is 280 g/mol. The zero-order valence-electron chi connectivity index (χ0n) is 9.78. The Morgan fingerprint density at radius 2 is 1.47 bits per heavy atom. The normalized spacial score (nSPS) is 11.1. The van der Waals surface area contributed by atoms with Gasteiger partial charge in [0.15, 0.2) is 23.3 Å². The number of halogens is 5. The van der Waals surface area contributed by atoms with Crippen LogP contribution in [0.25, 0.3) is 6.08 Å². The number of benzene rings is 1. The highest BCUT2D eigenvalue weighted by molar-refractivity contribution is 5.72. The number of rotatable bonds is 4. The van der Waals surface area contributed by atoms with E-state index in [0.717, 1.165) is 6.08 Å². The first kappa shape index (κ1) is 15.1. The third-order valence-corrected chi connectivity index (χ3v) is 2.12. The van der Waals surface area contributed by atoms with Crippen LogP contribution in [0, 0.1) is 29.1 Å². The van der Waals surface area contributed by atoms with Crippen molar-refractivity contribution in [3.8, 4) is 0 Å². The zero-order chi connectivity index (χ0) is 14.6. The summed E-state index contributed by atoms with van der Waals surface area (Å²) >= 11 is 0. The summed E-state index contributed by atoms with van der Waals surface area (Å²) in [5.41, 5.74) is -1.10. The third kappa shape index (κ3) is 3.30. The fourth-order valence-corrected chi connectivity index (χ4v) is 1.26. The van der Waals surface area contributed by atoms with Crippen molar-refractivity contribution in [3.05, 3.63) is 40.7 Å². The van der Waals surface area contributed by atoms with Crippen LogP contribution >= 0.6 is 0 Å². The third-order valence-electron chi connectivity index (χ3n) is 2.12. The maximum atomic E-state index is 13.2. The van der Waals surface area contributed by atoms with Crippen molar-refractivity contribution < 1.29 is 31.5 Å². The molecule has 0 bridgehead atoms. The predicted molar refractivity (Wildman–Crippen MR) is 56.5 cm³/mol. The highest BCUT2D eigenvalue weighted by atomic mass is 19.2. The van der Waals surface area contributed by atoms with Crippen LogP contribution in [-0.4, -0.2) is 12.6 Å². The van der Waals surface area contributed by atoms with Gasteiger partial charge in [-0.2, -0.15) is 0 Å². The van der Waals surface area contributed by atoms with Gasteiger partial charge in [-0.15, -0.1) is 0 Å². The first-order chi connectivity index (χ1) is 8.90. The molecule has 0 saturated heterocycles. The average molecular weight is 280 g/mol. The quantitative estimate of drug-likeness (QED) is 0.366. The lowest BCUT2D eigenvalue weighted by Crippen LogP contribution is -2.04. The second-order valence-corrected chi connectivity index (χ2v) is 3.40. The van der Waals surface area contributed by atoms with Gasteiger partial charge in [-0.1, -0.05) is 12.2 Å². The topological polar surface area (TPSA) is 26.3 Å². The molecule has 0 spiro atoms. The van der Waals surface area contributed by atoms with Gasteiger partial charge in [0.2, 0.25) is 5.82 Å². The predicted octanol–water partition coefficient (Wildman–Crippen LogP) is 3.35. The minimum atomic E-state index is -2.22. The maximum Gasteiger partial charge on any atom is 0.309 e. The standard InChI is InChI=1S/C12H9F5O2/c1-2-19-7(18)5-3-4-6-8(13)10(15)12(17)11(16)9(6)14/h3-4H,2,5H2,1H3. The van der Waals surface area contributed by atoms with Crippen molar-refractivity contribution in [1.29, 1.82) is 0 Å². The molecule has 0 N–H and O–H groups in total. The fourth-order valence-electron chi connectivity index (χ4n) is 1.26. The second kappa shape index (κ2) is 6.31. The largest absolute Gasteiger partial charge is 0.466 e. The molecule has 0 radical (unpaired) electrons. The number of esters is 1. The number of hydrogen-bond donors (Lipinski definition) is 0. The number of hydrogen-bond acceptors (Lipinski definition) is 2. The molecular weight excluding hydrogens is 271 g/mol. The summed E-state index contributed by atoms with van der Waals surface area (Å²) < 4.78 is 69.3. The first-order valence-corrected chi connectivity index (χ1v) is 5.23. The molecule has 0 fully saturated rings. The fraction of sp³-hybridized carbons (Fsp3) is 0.250. The second-order valence-electron chi connectivity index (χ2n) is 3.40. The number of ether oxygens (including phenoxy) is 1. The molecule has 104 valence electrons. The van der Waals surface area contributed by atoms with E-state index in [1.165, 1.54) is 0 Å². The smallest absolute Gasteiger partial charge is 0.309 e. The Balaban J connectivity index is 3.02. The van der Waals surface area contributed by atoms with E-state index in [9.17, 15) is 26.7 Å². The Labute approximate surface area is 105 Å². The van der Waals surface area contributed by atoms with E-state index in [1.807, 2.05) is 0 Å². The minimum Gasteiger partial charge on any atom is -0.466 e. The Kier molecular flexibility index (Phi) is 5.02. The summed E-state index contributed by atoms with van der Waals surface area (Å²) in [7, 11) is 0. The molecule has 1 aromatic carbocycles. The van der Waals surface area contributed by atoms with Crippen molar-refractivity contribution in [1.82, 2.24) is 0 Å². The SMILES string of the molecule is CCOC(=O)CC=Cc1c(F)c(F)c(F)c(F)c1F. The van der Waals surface area contributed by atoms with E-state index >= 15 is 0 Å². The van der Waals surface area contributed by atoms with Gasteiger partial charge >= 0.3 is 5.97 Å². The molecule has 19 heavy (non-hydrogen) atoms. The molecule has 0 aliphatic heterocycles. The first-order valence-electron chi connectivity index (χ1n) is 5.23. The lowest BCUT2D eigenvalue weighted by Gasteiger charge is -2.04. The highest BCUT2D eigenvalue weighted by Crippen LogP contribution is 2.24. The van der Waals surface area contributed by atoms with Crippen LogP contribution in [-0.2, 0) is 9.53 Å². The molecule has 0 unspecified atom stereocenters. The van der Waals surface area contributed by atoms with E-state index in [1.54, 1.807) is 6.92 Å². The summed E-state index contributed by atoms with van der Waals surface area (Å²) in [5, 5.41) is 0. The zero-order valence-corrected chi connectivity index (χ0v) is 9.78. The average Bonchev–Trinajstić information content (AvgIpc) is 2.38. The summed E-state index contributed by atoms with van der Waals surface area (Å²) in [6.07, 6.45) is 1.26. The molecule has 0 atom stereocenters. The minimum absolute atomic E-state index is 0.120. The van der Waals surface area contributed by atoms with E-state index in [-0.39, 0.29) is 13.0 Å². The molecule has 0 aromatic heterocycles. The van der Waals surface area contributed by atoms with Gasteiger partial charge < -0.3 is 4.74 Å². The van der Waals surface area contributed by atoms with Crippen molar-refractivity contribution in [2.45, 2.75) is 13.3 Å². The summed E-state index contributed by atoms with van der Waals surface area (Å²) in [6, 6.07) is 0. The van der Waals surface area contributed by atoms with E-state index in [0.29, 0.717) is 6.08 Å². The van der Waals surface area contributed by atoms with Gasteiger partial charge in [0.1, 0.15) is 0 Å². The number of carbonyl (C=O) groups is 1. The molecule has 1 rings (SSSR count). The van der Waals surface area contributed by atoms with Crippen LogP contribution in [0.4, 0.5) is 22.0 Å². The van der Waals surface area contributed by atoms with Crippen molar-refractivity contribution >= 4 is 12.0 Å². The van der Waals surface area contributed by atoms with Gasteiger partial charge in [0.25, 0.3) is 0 Å². The summed E-state index contributed by atoms with van der Waals surface area (Å²) in [4.78, 5) is 10.9. The summed E-state index contributed by atoms with van der Waals surface area (Å²) in [6.45, 7) is 1.68. The molecule has 0 heterocycles. The van der Waals surface area contributed by atoms with E-state index in [2.05, 4.69) is 4.74 Å². The highest BCUT2D eigenvalue weighted by Gasteiger charge is 2.24. The maximum absolute atomic E-state index is 13.2. The molecule has 0 amide bonds. The van der Waals surface area contributed by atoms with Crippen LogP contribution in [0.15, 0.2) is 6.08 Å². The summed E-state index contributed by atoms with van der Waals surface area (Å²) in [5.74, 6) is -10.9. The van der Waals surface area contributed by atoms with Crippen LogP contribution < -0.4 is 0 Å². The Morgan fingerprint density at radius 1 is 1.00 bits per heavy atom. The van der Waals surface area contributed by atoms with Gasteiger partial charge in [-0.3, -0.25) is 4.79 Å². The molecule has 2 nitrogen and oxygen atoms in total. The van der Waals surface area contributed by atoms with Crippen molar-refractivity contribution in [3.63, 3.8) is 0 Å². The van der Waals surface area contributed by atoms with Crippen molar-refractivity contribution in [2.24, 2.45) is 0 Å². The molecule has 0 aliphatic rings. The van der Waals surface area contributed by atoms with Crippen LogP contribution in [0.5, 0.6) is 0 Å². The Bertz CT molecular complexity index is 496. The Hall–Kier alpha value is -1.92. The van der Waals surface area contributed by atoms with E-state index in [4.69, 9.17) is 0 Å². The molecule has 7 heteroatoms. The van der Waals surface area contributed by atoms with Gasteiger partial charge in [-0.25, -0.2) is 22.0 Å².